The van der Waals surface area contributed by atoms with Gasteiger partial charge in [0.05, 0.1) is 10.6 Å². The number of hydrogen-bond donors (Lipinski definition) is 1. The molecule has 0 fully saturated rings. The lowest BCUT2D eigenvalue weighted by atomic mass is 10.0. The predicted molar refractivity (Wildman–Crippen MR) is 181 cm³/mol. The summed E-state index contributed by atoms with van der Waals surface area (Å²) in [5, 5.41) is 2.98. The van der Waals surface area contributed by atoms with Crippen LogP contribution in [0.3, 0.4) is 0 Å². The second kappa shape index (κ2) is 15.0. The third-order valence-electron chi connectivity index (χ3n) is 7.76. The van der Waals surface area contributed by atoms with Crippen molar-refractivity contribution in [2.75, 3.05) is 17.4 Å². The normalized spacial score (nSPS) is 11.9. The Morgan fingerprint density at radius 1 is 0.756 bits per heavy atom. The van der Waals surface area contributed by atoms with Crippen LogP contribution < -0.4 is 9.62 Å². The van der Waals surface area contributed by atoms with Gasteiger partial charge in [0, 0.05) is 19.5 Å². The summed E-state index contributed by atoms with van der Waals surface area (Å²) in [7, 11) is -4.15. The summed E-state index contributed by atoms with van der Waals surface area (Å²) < 4.78 is 29.7. The van der Waals surface area contributed by atoms with Crippen LogP contribution in [-0.2, 0) is 32.6 Å². The molecule has 0 radical (unpaired) electrons. The molecule has 8 heteroatoms. The summed E-state index contributed by atoms with van der Waals surface area (Å²) in [6.45, 7) is 9.75. The van der Waals surface area contributed by atoms with E-state index in [0.717, 1.165) is 39.8 Å². The van der Waals surface area contributed by atoms with Crippen LogP contribution in [0.4, 0.5) is 5.69 Å². The number of carbonyl (C=O) groups is 2. The van der Waals surface area contributed by atoms with Crippen molar-refractivity contribution >= 4 is 27.5 Å². The van der Waals surface area contributed by atoms with Gasteiger partial charge >= 0.3 is 0 Å². The summed E-state index contributed by atoms with van der Waals surface area (Å²) in [4.78, 5) is 30.0. The number of hydrogen-bond acceptors (Lipinski definition) is 4. The van der Waals surface area contributed by atoms with E-state index in [1.807, 2.05) is 101 Å². The molecule has 0 aromatic heterocycles. The molecule has 4 aromatic rings. The fourth-order valence-electron chi connectivity index (χ4n) is 5.36. The molecule has 2 amide bonds. The minimum absolute atomic E-state index is 0.0904. The summed E-state index contributed by atoms with van der Waals surface area (Å²) >= 11 is 0. The first-order chi connectivity index (χ1) is 21.5. The largest absolute Gasteiger partial charge is 0.354 e. The van der Waals surface area contributed by atoms with Crippen LogP contribution in [0, 0.1) is 27.7 Å². The van der Waals surface area contributed by atoms with Gasteiger partial charge in [-0.3, -0.25) is 13.9 Å². The quantitative estimate of drug-likeness (QED) is 0.190. The van der Waals surface area contributed by atoms with Gasteiger partial charge in [-0.05, 0) is 69.0 Å². The number of benzene rings is 4. The maximum absolute atomic E-state index is 14.6. The average molecular weight is 626 g/mol. The Bertz CT molecular complexity index is 1720. The van der Waals surface area contributed by atoms with Crippen LogP contribution in [0.25, 0.3) is 0 Å². The maximum Gasteiger partial charge on any atom is 0.264 e. The molecule has 0 aliphatic heterocycles. The zero-order valence-electron chi connectivity index (χ0n) is 26.8. The number of amides is 2. The Hall–Kier alpha value is -4.43. The van der Waals surface area contributed by atoms with Crippen molar-refractivity contribution in [1.82, 2.24) is 10.2 Å². The van der Waals surface area contributed by atoms with E-state index < -0.39 is 28.5 Å². The average Bonchev–Trinajstić information content (AvgIpc) is 3.01. The van der Waals surface area contributed by atoms with E-state index in [0.29, 0.717) is 12.2 Å². The fourth-order valence-corrected chi connectivity index (χ4v) is 6.84. The van der Waals surface area contributed by atoms with Gasteiger partial charge in [0.25, 0.3) is 10.0 Å². The van der Waals surface area contributed by atoms with Crippen LogP contribution in [0.1, 0.15) is 46.7 Å². The molecule has 0 aliphatic carbocycles. The molecule has 7 nitrogen and oxygen atoms in total. The molecule has 4 rings (SSSR count). The molecule has 1 atom stereocenters. The number of anilines is 1. The second-order valence-electron chi connectivity index (χ2n) is 11.6. The van der Waals surface area contributed by atoms with E-state index in [1.54, 1.807) is 30.3 Å². The van der Waals surface area contributed by atoms with E-state index in [2.05, 4.69) is 5.32 Å². The van der Waals surface area contributed by atoms with Crippen molar-refractivity contribution in [2.24, 2.45) is 0 Å². The smallest absolute Gasteiger partial charge is 0.264 e. The summed E-state index contributed by atoms with van der Waals surface area (Å²) in [5.41, 5.74) is 5.82. The van der Waals surface area contributed by atoms with Crippen LogP contribution in [0.15, 0.2) is 102 Å². The first-order valence-electron chi connectivity index (χ1n) is 15.3. The summed E-state index contributed by atoms with van der Waals surface area (Å²) in [6, 6.07) is 28.6. The number of sulfonamides is 1. The molecular formula is C37H43N3O4S. The minimum atomic E-state index is -4.15. The molecule has 0 spiro atoms. The fraction of sp³-hybridized carbons (Fsp3) is 0.297. The van der Waals surface area contributed by atoms with Crippen molar-refractivity contribution < 1.29 is 18.0 Å². The predicted octanol–water partition coefficient (Wildman–Crippen LogP) is 6.28. The molecule has 0 heterocycles. The van der Waals surface area contributed by atoms with Crippen molar-refractivity contribution in [3.63, 3.8) is 0 Å². The third kappa shape index (κ3) is 8.60. The molecule has 0 aliphatic rings. The molecule has 45 heavy (non-hydrogen) atoms. The topological polar surface area (TPSA) is 86.8 Å². The first-order valence-corrected chi connectivity index (χ1v) is 16.8. The molecule has 0 saturated carbocycles. The molecule has 4 aromatic carbocycles. The number of nitrogens with one attached hydrogen (secondary N) is 1. The highest BCUT2D eigenvalue weighted by molar-refractivity contribution is 7.92. The summed E-state index contributed by atoms with van der Waals surface area (Å²) in [5.74, 6) is -0.749. The van der Waals surface area contributed by atoms with Gasteiger partial charge in [-0.15, -0.1) is 0 Å². The van der Waals surface area contributed by atoms with Crippen LogP contribution in [0.2, 0.25) is 0 Å². The van der Waals surface area contributed by atoms with Crippen molar-refractivity contribution in [1.29, 1.82) is 0 Å². The van der Waals surface area contributed by atoms with E-state index in [9.17, 15) is 18.0 Å². The molecular weight excluding hydrogens is 582 g/mol. The van der Waals surface area contributed by atoms with Gasteiger partial charge in [-0.2, -0.15) is 0 Å². The lowest BCUT2D eigenvalue weighted by Crippen LogP contribution is -2.53. The van der Waals surface area contributed by atoms with Gasteiger partial charge in [0.2, 0.25) is 11.8 Å². The van der Waals surface area contributed by atoms with Crippen molar-refractivity contribution in [2.45, 2.75) is 64.9 Å². The number of nitrogens with zero attached hydrogens (tertiary/aromatic N) is 2. The summed E-state index contributed by atoms with van der Waals surface area (Å²) in [6.07, 6.45) is 1.02. The highest BCUT2D eigenvalue weighted by atomic mass is 32.2. The number of aryl methyl sites for hydroxylation is 4. The van der Waals surface area contributed by atoms with Gasteiger partial charge in [-0.25, -0.2) is 8.42 Å². The maximum atomic E-state index is 14.6. The number of rotatable bonds is 13. The van der Waals surface area contributed by atoms with E-state index >= 15 is 0 Å². The molecule has 0 unspecified atom stereocenters. The monoisotopic (exact) mass is 625 g/mol. The van der Waals surface area contributed by atoms with Gasteiger partial charge in [0.1, 0.15) is 12.6 Å². The molecule has 236 valence electrons. The van der Waals surface area contributed by atoms with Gasteiger partial charge in [-0.1, -0.05) is 102 Å². The van der Waals surface area contributed by atoms with Crippen molar-refractivity contribution in [3.05, 3.63) is 130 Å². The highest BCUT2D eigenvalue weighted by Crippen LogP contribution is 2.29. The number of carbonyl (C=O) groups excluding carboxylic acids is 2. The van der Waals surface area contributed by atoms with E-state index in [1.165, 1.54) is 9.21 Å². The Labute approximate surface area is 268 Å². The van der Waals surface area contributed by atoms with Crippen LogP contribution in [-0.4, -0.2) is 44.3 Å². The minimum Gasteiger partial charge on any atom is -0.354 e. The van der Waals surface area contributed by atoms with E-state index in [4.69, 9.17) is 0 Å². The lowest BCUT2D eigenvalue weighted by molar-refractivity contribution is -0.140. The van der Waals surface area contributed by atoms with Gasteiger partial charge in [0.15, 0.2) is 0 Å². The van der Waals surface area contributed by atoms with E-state index in [-0.39, 0.29) is 23.8 Å². The zero-order chi connectivity index (χ0) is 32.6. The Morgan fingerprint density at radius 3 is 2.04 bits per heavy atom. The Kier molecular flexibility index (Phi) is 11.2. The standard InChI is InChI=1S/C37H43N3O4S/c1-6-21-38-37(42)35(24-31-12-8-7-9-13-31)39(25-32-14-10-11-28(3)23-32)36(41)26-40(34-20-17-29(4)22-30(34)5)45(43,44)33-18-15-27(2)16-19-33/h7-20,22-23,35H,6,21,24-26H2,1-5H3,(H,38,42)/t35-/m0/s1. The van der Waals surface area contributed by atoms with Gasteiger partial charge < -0.3 is 10.2 Å². The third-order valence-corrected chi connectivity index (χ3v) is 9.54. The Morgan fingerprint density at radius 2 is 1.40 bits per heavy atom. The first kappa shape index (κ1) is 33.5. The zero-order valence-corrected chi connectivity index (χ0v) is 27.6. The second-order valence-corrected chi connectivity index (χ2v) is 13.5. The van der Waals surface area contributed by atoms with Crippen LogP contribution in [0.5, 0.6) is 0 Å². The SMILES string of the molecule is CCCNC(=O)[C@H](Cc1ccccc1)N(Cc1cccc(C)c1)C(=O)CN(c1ccc(C)cc1C)S(=O)(=O)c1ccc(C)cc1. The molecule has 0 saturated heterocycles. The van der Waals surface area contributed by atoms with Crippen LogP contribution >= 0.6 is 0 Å². The van der Waals surface area contributed by atoms with Crippen molar-refractivity contribution in [3.8, 4) is 0 Å². The highest BCUT2D eigenvalue weighted by Gasteiger charge is 2.35. The molecule has 1 N–H and O–H groups in total. The Balaban J connectivity index is 1.82. The molecule has 0 bridgehead atoms. The lowest BCUT2D eigenvalue weighted by Gasteiger charge is -2.34.